The molecule has 2 nitrogen and oxygen atoms in total. The fraction of sp³-hybridized carbons (Fsp3) is 0.667. The minimum Gasteiger partial charge on any atom is -0.298 e. The molecule has 0 amide bonds. The summed E-state index contributed by atoms with van der Waals surface area (Å²) in [7, 11) is 0. The zero-order chi connectivity index (χ0) is 13.4. The third kappa shape index (κ3) is 2.40. The molecule has 2 fully saturated rings. The van der Waals surface area contributed by atoms with Gasteiger partial charge in [-0.1, -0.05) is 37.1 Å². The minimum absolute atomic E-state index is 0.776. The summed E-state index contributed by atoms with van der Waals surface area (Å²) in [6, 6.07) is 10.7. The monoisotopic (exact) mass is 270 g/mol. The van der Waals surface area contributed by atoms with Crippen molar-refractivity contribution in [2.45, 2.75) is 50.6 Å². The maximum absolute atomic E-state index is 2.77. The molecule has 4 rings (SSSR count). The molecule has 0 aromatic heterocycles. The number of benzene rings is 1. The summed E-state index contributed by atoms with van der Waals surface area (Å²) in [5, 5.41) is 0. The molecule has 1 saturated heterocycles. The maximum atomic E-state index is 2.77. The first-order chi connectivity index (χ1) is 9.90. The van der Waals surface area contributed by atoms with Crippen LogP contribution in [-0.2, 0) is 12.8 Å². The Balaban J connectivity index is 1.34. The summed E-state index contributed by atoms with van der Waals surface area (Å²) < 4.78 is 0. The van der Waals surface area contributed by atoms with Crippen molar-refractivity contribution in [2.75, 3.05) is 26.2 Å². The zero-order valence-corrected chi connectivity index (χ0v) is 12.4. The Labute approximate surface area is 122 Å². The van der Waals surface area contributed by atoms with E-state index in [0.29, 0.717) is 0 Å². The zero-order valence-electron chi connectivity index (χ0n) is 12.4. The Bertz CT molecular complexity index is 431. The molecule has 1 aromatic carbocycles. The van der Waals surface area contributed by atoms with Crippen molar-refractivity contribution in [1.82, 2.24) is 9.80 Å². The number of piperazine rings is 1. The number of fused-ring (bicyclic) bond motifs is 1. The molecule has 0 spiro atoms. The summed E-state index contributed by atoms with van der Waals surface area (Å²) in [6.45, 7) is 5.18. The number of rotatable bonds is 2. The van der Waals surface area contributed by atoms with Crippen molar-refractivity contribution in [3.63, 3.8) is 0 Å². The van der Waals surface area contributed by atoms with Crippen LogP contribution in [0.4, 0.5) is 0 Å². The lowest BCUT2D eigenvalue weighted by atomic mass is 10.1. The molecule has 1 aromatic rings. The molecule has 0 atom stereocenters. The molecule has 0 unspecified atom stereocenters. The Morgan fingerprint density at radius 2 is 1.20 bits per heavy atom. The third-order valence-electron chi connectivity index (χ3n) is 5.74. The average molecular weight is 270 g/mol. The molecule has 3 aliphatic rings. The normalized spacial score (nSPS) is 26.2. The summed E-state index contributed by atoms with van der Waals surface area (Å²) in [5.74, 6) is 0. The van der Waals surface area contributed by atoms with Crippen molar-refractivity contribution >= 4 is 0 Å². The standard InChI is InChI=1S/C18H26N2/c1-2-6-16-14-18(13-15(16)5-1)20-11-9-19(10-12-20)17-7-3-4-8-17/h1-2,5-6,17-18H,3-4,7-14H2. The molecule has 108 valence electrons. The van der Waals surface area contributed by atoms with Gasteiger partial charge in [0, 0.05) is 38.3 Å². The lowest BCUT2D eigenvalue weighted by molar-refractivity contribution is 0.0729. The predicted octanol–water partition coefficient (Wildman–Crippen LogP) is 2.71. The Morgan fingerprint density at radius 3 is 1.75 bits per heavy atom. The van der Waals surface area contributed by atoms with Crippen molar-refractivity contribution in [1.29, 1.82) is 0 Å². The Hall–Kier alpha value is -0.860. The van der Waals surface area contributed by atoms with E-state index < -0.39 is 0 Å². The first-order valence-corrected chi connectivity index (χ1v) is 8.45. The molecule has 0 radical (unpaired) electrons. The maximum Gasteiger partial charge on any atom is 0.0177 e. The largest absolute Gasteiger partial charge is 0.298 e. The van der Waals surface area contributed by atoms with E-state index in [9.17, 15) is 0 Å². The van der Waals surface area contributed by atoms with Gasteiger partial charge in [0.15, 0.2) is 0 Å². The van der Waals surface area contributed by atoms with Crippen molar-refractivity contribution in [3.05, 3.63) is 35.4 Å². The van der Waals surface area contributed by atoms with Gasteiger partial charge in [-0.3, -0.25) is 9.80 Å². The van der Waals surface area contributed by atoms with E-state index in [0.717, 1.165) is 12.1 Å². The van der Waals surface area contributed by atoms with E-state index in [1.54, 1.807) is 11.1 Å². The van der Waals surface area contributed by atoms with Crippen LogP contribution in [0.1, 0.15) is 36.8 Å². The number of nitrogens with zero attached hydrogens (tertiary/aromatic N) is 2. The highest BCUT2D eigenvalue weighted by molar-refractivity contribution is 5.33. The SMILES string of the molecule is c1ccc2c(c1)CC(N1CCN(C3CCCC3)CC1)C2. The highest BCUT2D eigenvalue weighted by atomic mass is 15.3. The number of hydrogen-bond donors (Lipinski definition) is 0. The predicted molar refractivity (Wildman–Crippen MR) is 83.0 cm³/mol. The van der Waals surface area contributed by atoms with Gasteiger partial charge in [0.1, 0.15) is 0 Å². The van der Waals surface area contributed by atoms with Crippen molar-refractivity contribution in [3.8, 4) is 0 Å². The van der Waals surface area contributed by atoms with E-state index in [-0.39, 0.29) is 0 Å². The van der Waals surface area contributed by atoms with Crippen LogP contribution in [-0.4, -0.2) is 48.1 Å². The third-order valence-corrected chi connectivity index (χ3v) is 5.74. The van der Waals surface area contributed by atoms with Crippen LogP contribution < -0.4 is 0 Å². The molecule has 1 aliphatic heterocycles. The second-order valence-electron chi connectivity index (χ2n) is 6.84. The highest BCUT2D eigenvalue weighted by Crippen LogP contribution is 2.28. The van der Waals surface area contributed by atoms with Gasteiger partial charge in [-0.25, -0.2) is 0 Å². The average Bonchev–Trinajstić information content (AvgIpc) is 3.17. The van der Waals surface area contributed by atoms with Gasteiger partial charge in [0.25, 0.3) is 0 Å². The highest BCUT2D eigenvalue weighted by Gasteiger charge is 2.31. The van der Waals surface area contributed by atoms with Crippen molar-refractivity contribution in [2.24, 2.45) is 0 Å². The quantitative estimate of drug-likeness (QED) is 0.815. The van der Waals surface area contributed by atoms with Gasteiger partial charge >= 0.3 is 0 Å². The molecule has 2 heteroatoms. The van der Waals surface area contributed by atoms with Gasteiger partial charge in [0.2, 0.25) is 0 Å². The lowest BCUT2D eigenvalue weighted by Crippen LogP contribution is -2.52. The fourth-order valence-electron chi connectivity index (χ4n) is 4.53. The van der Waals surface area contributed by atoms with Crippen molar-refractivity contribution < 1.29 is 0 Å². The van der Waals surface area contributed by atoms with Crippen LogP contribution in [0.3, 0.4) is 0 Å². The summed E-state index contributed by atoms with van der Waals surface area (Å²) >= 11 is 0. The summed E-state index contributed by atoms with van der Waals surface area (Å²) in [4.78, 5) is 5.52. The molecule has 1 heterocycles. The molecule has 0 N–H and O–H groups in total. The molecular formula is C18H26N2. The van der Waals surface area contributed by atoms with Crippen LogP contribution in [0, 0.1) is 0 Å². The lowest BCUT2D eigenvalue weighted by Gasteiger charge is -2.40. The summed E-state index contributed by atoms with van der Waals surface area (Å²) in [5.41, 5.74) is 3.19. The molecule has 2 aliphatic carbocycles. The van der Waals surface area contributed by atoms with Crippen LogP contribution >= 0.6 is 0 Å². The number of hydrogen-bond acceptors (Lipinski definition) is 2. The van der Waals surface area contributed by atoms with E-state index in [1.807, 2.05) is 0 Å². The smallest absolute Gasteiger partial charge is 0.0177 e. The van der Waals surface area contributed by atoms with Gasteiger partial charge in [-0.2, -0.15) is 0 Å². The molecular weight excluding hydrogens is 244 g/mol. The fourth-order valence-corrected chi connectivity index (χ4v) is 4.53. The van der Waals surface area contributed by atoms with Crippen LogP contribution in [0.15, 0.2) is 24.3 Å². The molecule has 20 heavy (non-hydrogen) atoms. The molecule has 0 bridgehead atoms. The van der Waals surface area contributed by atoms with Gasteiger partial charge in [0.05, 0.1) is 0 Å². The Morgan fingerprint density at radius 1 is 0.700 bits per heavy atom. The second-order valence-corrected chi connectivity index (χ2v) is 6.84. The topological polar surface area (TPSA) is 6.48 Å². The summed E-state index contributed by atoms with van der Waals surface area (Å²) in [6.07, 6.45) is 8.38. The van der Waals surface area contributed by atoms with E-state index in [2.05, 4.69) is 34.1 Å². The van der Waals surface area contributed by atoms with Gasteiger partial charge < -0.3 is 0 Å². The van der Waals surface area contributed by atoms with Gasteiger partial charge in [-0.05, 0) is 36.8 Å². The van der Waals surface area contributed by atoms with Gasteiger partial charge in [-0.15, -0.1) is 0 Å². The minimum atomic E-state index is 0.776. The molecule has 1 saturated carbocycles. The van der Waals surface area contributed by atoms with E-state index in [1.165, 1.54) is 64.7 Å². The first-order valence-electron chi connectivity index (χ1n) is 8.45. The Kier molecular flexibility index (Phi) is 3.53. The van der Waals surface area contributed by atoms with Crippen LogP contribution in [0.2, 0.25) is 0 Å². The van der Waals surface area contributed by atoms with E-state index in [4.69, 9.17) is 0 Å². The van der Waals surface area contributed by atoms with Crippen LogP contribution in [0.25, 0.3) is 0 Å². The first kappa shape index (κ1) is 12.8. The van der Waals surface area contributed by atoms with E-state index >= 15 is 0 Å². The second kappa shape index (κ2) is 5.50. The van der Waals surface area contributed by atoms with Crippen LogP contribution in [0.5, 0.6) is 0 Å².